The highest BCUT2D eigenvalue weighted by Gasteiger charge is 2.28. The van der Waals surface area contributed by atoms with Gasteiger partial charge in [-0.25, -0.2) is 9.67 Å². The molecule has 136 valence electrons. The standard InChI is InChI=1S/C15H15N5O6/c21-14(22)6-11-7-18(3-4-26-11)15(23)10-1-2-12(13(5-10)20(24)25)19-9-16-8-17-19/h1-2,5,8-9,11H,3-4,6-7H2,(H,21,22). The van der Waals surface area contributed by atoms with Gasteiger partial charge in [0.15, 0.2) is 0 Å². The fraction of sp³-hybridized carbons (Fsp3) is 0.333. The molecule has 3 rings (SSSR count). The lowest BCUT2D eigenvalue weighted by molar-refractivity contribution is -0.384. The first-order chi connectivity index (χ1) is 12.5. The molecule has 1 aromatic carbocycles. The van der Waals surface area contributed by atoms with Gasteiger partial charge < -0.3 is 14.7 Å². The van der Waals surface area contributed by atoms with Crippen molar-refractivity contribution in [2.45, 2.75) is 12.5 Å². The number of carbonyl (C=O) groups excluding carboxylic acids is 1. The monoisotopic (exact) mass is 361 g/mol. The Morgan fingerprint density at radius 1 is 1.42 bits per heavy atom. The van der Waals surface area contributed by atoms with Gasteiger partial charge >= 0.3 is 5.97 Å². The van der Waals surface area contributed by atoms with Crippen LogP contribution < -0.4 is 0 Å². The number of nitrogens with zero attached hydrogens (tertiary/aromatic N) is 5. The summed E-state index contributed by atoms with van der Waals surface area (Å²) in [6.45, 7) is 0.611. The molecule has 11 nitrogen and oxygen atoms in total. The lowest BCUT2D eigenvalue weighted by atomic mass is 10.1. The second-order valence-corrected chi connectivity index (χ2v) is 5.64. The maximum absolute atomic E-state index is 12.7. The van der Waals surface area contributed by atoms with Crippen LogP contribution >= 0.6 is 0 Å². The molecule has 0 aliphatic carbocycles. The molecular formula is C15H15N5O6. The second kappa shape index (κ2) is 7.27. The van der Waals surface area contributed by atoms with Crippen LogP contribution in [0, 0.1) is 10.1 Å². The van der Waals surface area contributed by atoms with Crippen molar-refractivity contribution in [1.29, 1.82) is 0 Å². The van der Waals surface area contributed by atoms with Crippen molar-refractivity contribution in [2.24, 2.45) is 0 Å². The quantitative estimate of drug-likeness (QED) is 0.599. The number of hydrogen-bond donors (Lipinski definition) is 1. The maximum atomic E-state index is 12.7. The van der Waals surface area contributed by atoms with Gasteiger partial charge in [0.1, 0.15) is 18.3 Å². The van der Waals surface area contributed by atoms with Gasteiger partial charge in [-0.3, -0.25) is 19.7 Å². The molecule has 0 spiro atoms. The smallest absolute Gasteiger partial charge is 0.306 e. The van der Waals surface area contributed by atoms with Gasteiger partial charge in [-0.2, -0.15) is 5.10 Å². The molecular weight excluding hydrogens is 346 g/mol. The van der Waals surface area contributed by atoms with Crippen LogP contribution in [0.15, 0.2) is 30.9 Å². The first-order valence-electron chi connectivity index (χ1n) is 7.72. The van der Waals surface area contributed by atoms with Crippen LogP contribution in [0.25, 0.3) is 5.69 Å². The number of carbonyl (C=O) groups is 2. The minimum atomic E-state index is -1.02. The summed E-state index contributed by atoms with van der Waals surface area (Å²) in [6, 6.07) is 4.07. The number of aliphatic carboxylic acids is 1. The molecule has 0 saturated carbocycles. The Balaban J connectivity index is 1.84. The van der Waals surface area contributed by atoms with Gasteiger partial charge in [-0.05, 0) is 12.1 Å². The van der Waals surface area contributed by atoms with Gasteiger partial charge in [-0.1, -0.05) is 0 Å². The predicted octanol–water partition coefficient (Wildman–Crippen LogP) is 0.491. The molecule has 2 heterocycles. The summed E-state index contributed by atoms with van der Waals surface area (Å²) < 4.78 is 6.57. The van der Waals surface area contributed by atoms with Crippen molar-refractivity contribution in [1.82, 2.24) is 19.7 Å². The van der Waals surface area contributed by atoms with Crippen LogP contribution in [0.2, 0.25) is 0 Å². The van der Waals surface area contributed by atoms with Crippen molar-refractivity contribution >= 4 is 17.6 Å². The number of hydrogen-bond acceptors (Lipinski definition) is 7. The van der Waals surface area contributed by atoms with E-state index in [2.05, 4.69) is 10.1 Å². The first kappa shape index (κ1) is 17.5. The number of rotatable bonds is 5. The van der Waals surface area contributed by atoms with E-state index in [1.807, 2.05) is 0 Å². The molecule has 1 saturated heterocycles. The third-order valence-corrected chi connectivity index (χ3v) is 3.91. The molecule has 1 fully saturated rings. The third kappa shape index (κ3) is 3.67. The molecule has 26 heavy (non-hydrogen) atoms. The SMILES string of the molecule is O=C(O)CC1CN(C(=O)c2ccc(-n3cncn3)c([N+](=O)[O-])c2)CCO1. The maximum Gasteiger partial charge on any atom is 0.306 e. The molecule has 1 atom stereocenters. The summed E-state index contributed by atoms with van der Waals surface area (Å²) in [5, 5.41) is 24.1. The number of nitro groups is 1. The second-order valence-electron chi connectivity index (χ2n) is 5.64. The van der Waals surface area contributed by atoms with E-state index >= 15 is 0 Å². The zero-order valence-corrected chi connectivity index (χ0v) is 13.5. The van der Waals surface area contributed by atoms with E-state index in [1.54, 1.807) is 0 Å². The van der Waals surface area contributed by atoms with E-state index < -0.39 is 22.9 Å². The summed E-state index contributed by atoms with van der Waals surface area (Å²) in [6.07, 6.45) is 1.76. The molecule has 1 aliphatic rings. The molecule has 0 bridgehead atoms. The average Bonchev–Trinajstić information content (AvgIpc) is 3.14. The van der Waals surface area contributed by atoms with Crippen LogP contribution in [0.4, 0.5) is 5.69 Å². The highest BCUT2D eigenvalue weighted by Crippen LogP contribution is 2.24. The fourth-order valence-electron chi connectivity index (χ4n) is 2.73. The highest BCUT2D eigenvalue weighted by molar-refractivity contribution is 5.95. The molecule has 1 N–H and O–H groups in total. The zero-order valence-electron chi connectivity index (χ0n) is 13.5. The van der Waals surface area contributed by atoms with E-state index in [9.17, 15) is 19.7 Å². The van der Waals surface area contributed by atoms with Crippen LogP contribution in [0.1, 0.15) is 16.8 Å². The van der Waals surface area contributed by atoms with E-state index in [-0.39, 0.29) is 43.1 Å². The van der Waals surface area contributed by atoms with Crippen LogP contribution in [0.3, 0.4) is 0 Å². The number of ether oxygens (including phenoxy) is 1. The summed E-state index contributed by atoms with van der Waals surface area (Å²) in [5.74, 6) is -1.44. The van der Waals surface area contributed by atoms with Crippen LogP contribution in [0.5, 0.6) is 0 Å². The molecule has 1 amide bonds. The van der Waals surface area contributed by atoms with Gasteiger partial charge in [0.2, 0.25) is 0 Å². The van der Waals surface area contributed by atoms with Crippen molar-refractivity contribution in [2.75, 3.05) is 19.7 Å². The summed E-state index contributed by atoms with van der Waals surface area (Å²) in [7, 11) is 0. The van der Waals surface area contributed by atoms with Gasteiger partial charge in [-0.15, -0.1) is 0 Å². The molecule has 1 aliphatic heterocycles. The van der Waals surface area contributed by atoms with Gasteiger partial charge in [0.25, 0.3) is 11.6 Å². The van der Waals surface area contributed by atoms with Crippen molar-refractivity contribution in [3.63, 3.8) is 0 Å². The lowest BCUT2D eigenvalue weighted by Gasteiger charge is -2.32. The van der Waals surface area contributed by atoms with E-state index in [0.717, 1.165) is 0 Å². The average molecular weight is 361 g/mol. The Hall–Kier alpha value is -3.34. The number of aromatic nitrogens is 3. The van der Waals surface area contributed by atoms with Gasteiger partial charge in [0.05, 0.1) is 24.1 Å². The predicted molar refractivity (Wildman–Crippen MR) is 85.9 cm³/mol. The topological polar surface area (TPSA) is 141 Å². The highest BCUT2D eigenvalue weighted by atomic mass is 16.6. The lowest BCUT2D eigenvalue weighted by Crippen LogP contribution is -2.46. The minimum Gasteiger partial charge on any atom is -0.481 e. The normalized spacial score (nSPS) is 17.1. The Morgan fingerprint density at radius 2 is 2.23 bits per heavy atom. The number of benzene rings is 1. The molecule has 1 unspecified atom stereocenters. The van der Waals surface area contributed by atoms with Gasteiger partial charge in [0, 0.05) is 24.7 Å². The fourth-order valence-corrected chi connectivity index (χ4v) is 2.73. The Morgan fingerprint density at radius 3 is 2.88 bits per heavy atom. The molecule has 0 radical (unpaired) electrons. The summed E-state index contributed by atoms with van der Waals surface area (Å²) in [4.78, 5) is 39.4. The number of morpholine rings is 1. The van der Waals surface area contributed by atoms with Crippen LogP contribution in [-0.4, -0.2) is 67.4 Å². The van der Waals surface area contributed by atoms with E-state index in [1.165, 1.54) is 40.4 Å². The molecule has 2 aromatic rings. The molecule has 11 heteroatoms. The van der Waals surface area contributed by atoms with E-state index in [0.29, 0.717) is 0 Å². The van der Waals surface area contributed by atoms with Crippen molar-refractivity contribution in [3.8, 4) is 5.69 Å². The largest absolute Gasteiger partial charge is 0.481 e. The molecule has 1 aromatic heterocycles. The van der Waals surface area contributed by atoms with Crippen LogP contribution in [-0.2, 0) is 9.53 Å². The zero-order chi connectivity index (χ0) is 18.7. The van der Waals surface area contributed by atoms with Crippen molar-refractivity contribution < 1.29 is 24.4 Å². The summed E-state index contributed by atoms with van der Waals surface area (Å²) >= 11 is 0. The Kier molecular flexibility index (Phi) is 4.89. The number of carboxylic acid groups (broad SMARTS) is 1. The minimum absolute atomic E-state index is 0.115. The van der Waals surface area contributed by atoms with E-state index in [4.69, 9.17) is 9.84 Å². The third-order valence-electron chi connectivity index (χ3n) is 3.91. The first-order valence-corrected chi connectivity index (χ1v) is 7.72. The number of carboxylic acids is 1. The number of amides is 1. The Bertz CT molecular complexity index is 837. The number of nitro benzene ring substituents is 1. The summed E-state index contributed by atoms with van der Waals surface area (Å²) in [5.41, 5.74) is 0.0445. The van der Waals surface area contributed by atoms with Crippen molar-refractivity contribution in [3.05, 3.63) is 46.5 Å². The Labute approximate surface area is 147 Å².